The van der Waals surface area contributed by atoms with Gasteiger partial charge in [0.05, 0.1) is 34.4 Å². The Morgan fingerprint density at radius 1 is 0.439 bits per heavy atom. The zero-order valence-electron chi connectivity index (χ0n) is 44.4. The number of aliphatic carboxylic acids is 1. The number of esters is 2. The van der Waals surface area contributed by atoms with Crippen LogP contribution in [0.4, 0.5) is 0 Å². The highest BCUT2D eigenvalue weighted by molar-refractivity contribution is 5.72. The molecule has 0 aromatic rings. The molecule has 0 aromatic heterocycles. The van der Waals surface area contributed by atoms with Gasteiger partial charge in [-0.1, -0.05) is 218 Å². The summed E-state index contributed by atoms with van der Waals surface area (Å²) < 4.78 is 17.4. The molecule has 0 saturated heterocycles. The Morgan fingerprint density at radius 2 is 0.758 bits per heavy atom. The number of carbonyl (C=O) groups is 3. The van der Waals surface area contributed by atoms with Crippen molar-refractivity contribution in [3.05, 3.63) is 24.3 Å². The topological polar surface area (TPSA) is 99.1 Å². The normalized spacial score (nSPS) is 12.9. The molecule has 1 N–H and O–H groups in total. The monoisotopic (exact) mass is 933 g/mol. The first kappa shape index (κ1) is 63.8. The van der Waals surface area contributed by atoms with Crippen LogP contribution in [0.15, 0.2) is 24.3 Å². The summed E-state index contributed by atoms with van der Waals surface area (Å²) in [5, 5.41) is 9.67. The van der Waals surface area contributed by atoms with Gasteiger partial charge in [-0.05, 0) is 64.2 Å². The number of allylic oxidation sites excluding steroid dienone is 4. The molecule has 0 aliphatic carbocycles. The molecule has 0 heterocycles. The Bertz CT molecular complexity index is 1130. The number of likely N-dealkylation sites (N-methyl/N-ethyl adjacent to an activating group) is 1. The molecule has 0 saturated carbocycles. The predicted octanol–water partition coefficient (Wildman–Crippen LogP) is 16.8. The quantitative estimate of drug-likeness (QED) is 0.0281. The third-order valence-corrected chi connectivity index (χ3v) is 13.1. The summed E-state index contributed by atoms with van der Waals surface area (Å²) in [4.78, 5) is 37.3. The molecule has 66 heavy (non-hydrogen) atoms. The fraction of sp³-hybridized carbons (Fsp3) is 0.879. The Kier molecular flexibility index (Phi) is 47.6. The van der Waals surface area contributed by atoms with E-state index in [0.717, 1.165) is 38.5 Å². The summed E-state index contributed by atoms with van der Waals surface area (Å²) in [6.45, 7) is 4.78. The van der Waals surface area contributed by atoms with Gasteiger partial charge >= 0.3 is 17.9 Å². The zero-order chi connectivity index (χ0) is 48.4. The van der Waals surface area contributed by atoms with E-state index in [0.29, 0.717) is 19.3 Å². The first-order valence-electron chi connectivity index (χ1n) is 28.4. The van der Waals surface area contributed by atoms with Gasteiger partial charge < -0.3 is 23.8 Å². The Morgan fingerprint density at radius 3 is 1.09 bits per heavy atom. The molecule has 0 aliphatic heterocycles. The van der Waals surface area contributed by atoms with Crippen molar-refractivity contribution >= 4 is 17.9 Å². The lowest BCUT2D eigenvalue weighted by Gasteiger charge is -2.31. The largest absolute Gasteiger partial charge is 0.477 e. The molecule has 0 rings (SSSR count). The van der Waals surface area contributed by atoms with Gasteiger partial charge in [0.1, 0.15) is 6.61 Å². The van der Waals surface area contributed by atoms with Crippen molar-refractivity contribution in [3.8, 4) is 0 Å². The second-order valence-electron chi connectivity index (χ2n) is 20.5. The third-order valence-electron chi connectivity index (χ3n) is 13.1. The van der Waals surface area contributed by atoms with E-state index < -0.39 is 18.1 Å². The van der Waals surface area contributed by atoms with E-state index in [1.807, 2.05) is 21.1 Å². The molecule has 0 amide bonds. The Labute approximate surface area is 409 Å². The minimum atomic E-state index is -0.872. The minimum absolute atomic E-state index is 0.0511. The molecule has 8 nitrogen and oxygen atoms in total. The third kappa shape index (κ3) is 46.9. The van der Waals surface area contributed by atoms with Crippen LogP contribution in [0.3, 0.4) is 0 Å². The van der Waals surface area contributed by atoms with Crippen molar-refractivity contribution in [2.75, 3.05) is 41.0 Å². The van der Waals surface area contributed by atoms with Crippen LogP contribution in [0.5, 0.6) is 0 Å². The zero-order valence-corrected chi connectivity index (χ0v) is 44.4. The molecule has 0 aromatic carbocycles. The molecule has 0 bridgehead atoms. The molecule has 0 fully saturated rings. The molecule has 0 spiro atoms. The number of ether oxygens (including phenoxy) is 3. The van der Waals surface area contributed by atoms with Gasteiger partial charge in [0.2, 0.25) is 0 Å². The summed E-state index contributed by atoms with van der Waals surface area (Å²) in [6.07, 6.45) is 58.1. The van der Waals surface area contributed by atoms with Crippen LogP contribution in [0.2, 0.25) is 0 Å². The summed E-state index contributed by atoms with van der Waals surface area (Å²) in [5.41, 5.74) is 0. The first-order valence-corrected chi connectivity index (χ1v) is 28.4. The SMILES string of the molecule is CCCCCCCCCCC/C=C/CCCCCCCCCC(=O)OCC(COCCC(C(=O)O)[N+](C)(C)C)OC(=O)CCCCCCCCC/C=C/CCCCCCCCCCCCC. The number of quaternary nitrogens is 1. The van der Waals surface area contributed by atoms with E-state index >= 15 is 0 Å². The van der Waals surface area contributed by atoms with Crippen LogP contribution in [0, 0.1) is 0 Å². The average Bonchev–Trinajstić information content (AvgIpc) is 3.28. The lowest BCUT2D eigenvalue weighted by atomic mass is 10.0. The average molecular weight is 934 g/mol. The maximum absolute atomic E-state index is 12.8. The van der Waals surface area contributed by atoms with E-state index in [1.165, 1.54) is 205 Å². The highest BCUT2D eigenvalue weighted by Gasteiger charge is 2.31. The van der Waals surface area contributed by atoms with E-state index in [9.17, 15) is 19.5 Å². The van der Waals surface area contributed by atoms with Crippen molar-refractivity contribution in [1.29, 1.82) is 0 Å². The number of carbonyl (C=O) groups excluding carboxylic acids is 2. The van der Waals surface area contributed by atoms with E-state index in [4.69, 9.17) is 14.2 Å². The minimum Gasteiger partial charge on any atom is -0.477 e. The molecule has 0 aliphatic rings. The number of unbranched alkanes of at least 4 members (excludes halogenated alkanes) is 34. The highest BCUT2D eigenvalue weighted by Crippen LogP contribution is 2.16. The van der Waals surface area contributed by atoms with Crippen LogP contribution in [-0.4, -0.2) is 80.6 Å². The molecule has 388 valence electrons. The van der Waals surface area contributed by atoms with Crippen LogP contribution in [0.1, 0.15) is 277 Å². The summed E-state index contributed by atoms with van der Waals surface area (Å²) in [7, 11) is 5.55. The lowest BCUT2D eigenvalue weighted by molar-refractivity contribution is -0.887. The Hall–Kier alpha value is -2.19. The van der Waals surface area contributed by atoms with Gasteiger partial charge in [-0.25, -0.2) is 4.79 Å². The van der Waals surface area contributed by atoms with Crippen LogP contribution in [-0.2, 0) is 28.6 Å². The molecular weight excluding hydrogens is 823 g/mol. The van der Waals surface area contributed by atoms with Gasteiger partial charge in [0.25, 0.3) is 0 Å². The van der Waals surface area contributed by atoms with Gasteiger partial charge in [-0.15, -0.1) is 0 Å². The van der Waals surface area contributed by atoms with Gasteiger partial charge in [0.15, 0.2) is 12.1 Å². The first-order chi connectivity index (χ1) is 32.1. The van der Waals surface area contributed by atoms with E-state index in [1.54, 1.807) is 0 Å². The smallest absolute Gasteiger partial charge is 0.362 e. The van der Waals surface area contributed by atoms with E-state index in [2.05, 4.69) is 38.2 Å². The molecule has 2 atom stereocenters. The fourth-order valence-electron chi connectivity index (χ4n) is 8.67. The van der Waals surface area contributed by atoms with Crippen LogP contribution < -0.4 is 0 Å². The number of nitrogens with zero attached hydrogens (tertiary/aromatic N) is 1. The van der Waals surface area contributed by atoms with Gasteiger partial charge in [-0.2, -0.15) is 0 Å². The standard InChI is InChI=1S/C58H109NO7/c1-6-8-10-12-14-16-18-20-22-24-26-28-29-31-33-35-37-39-41-43-45-47-49-57(61)66-54(52-64-51-50-55(58(62)63)59(3,4)5)53-65-56(60)48-46-44-42-40-38-36-34-32-30-27-25-23-21-19-17-15-13-11-9-7-2/h27,29-31,54-55H,6-26,28,32-53H2,1-5H3/p+1/b30-27+,31-29+. The van der Waals surface area contributed by atoms with Crippen molar-refractivity contribution in [1.82, 2.24) is 0 Å². The summed E-state index contributed by atoms with van der Waals surface area (Å²) in [5.74, 6) is -1.46. The second-order valence-corrected chi connectivity index (χ2v) is 20.5. The molecule has 0 radical (unpaired) electrons. The van der Waals surface area contributed by atoms with Crippen LogP contribution >= 0.6 is 0 Å². The van der Waals surface area contributed by atoms with Gasteiger partial charge in [0, 0.05) is 19.3 Å². The van der Waals surface area contributed by atoms with E-state index in [-0.39, 0.29) is 36.2 Å². The van der Waals surface area contributed by atoms with Crippen LogP contribution in [0.25, 0.3) is 0 Å². The molecule has 8 heteroatoms. The van der Waals surface area contributed by atoms with Gasteiger partial charge in [-0.3, -0.25) is 9.59 Å². The summed E-state index contributed by atoms with van der Waals surface area (Å²) >= 11 is 0. The number of carboxylic acid groups (broad SMARTS) is 1. The van der Waals surface area contributed by atoms with Crippen molar-refractivity contribution in [2.45, 2.75) is 289 Å². The highest BCUT2D eigenvalue weighted by atomic mass is 16.6. The maximum atomic E-state index is 12.8. The lowest BCUT2D eigenvalue weighted by Crippen LogP contribution is -2.50. The van der Waals surface area contributed by atoms with Crippen molar-refractivity contribution in [3.63, 3.8) is 0 Å². The molecular formula is C58H110NO7+. The predicted molar refractivity (Wildman–Crippen MR) is 280 cm³/mol. The summed E-state index contributed by atoms with van der Waals surface area (Å²) in [6, 6.07) is -0.615. The number of carboxylic acids is 1. The number of rotatable bonds is 52. The number of hydrogen-bond acceptors (Lipinski definition) is 6. The Balaban J connectivity index is 4.18. The van der Waals surface area contributed by atoms with Crippen molar-refractivity contribution in [2.24, 2.45) is 0 Å². The number of hydrogen-bond donors (Lipinski definition) is 1. The second kappa shape index (κ2) is 49.2. The molecule has 2 unspecified atom stereocenters. The maximum Gasteiger partial charge on any atom is 0.362 e. The fourth-order valence-corrected chi connectivity index (χ4v) is 8.67. The van der Waals surface area contributed by atoms with Crippen molar-refractivity contribution < 1.29 is 38.2 Å².